The summed E-state index contributed by atoms with van der Waals surface area (Å²) in [4.78, 5) is 2.19. The van der Waals surface area contributed by atoms with Crippen molar-refractivity contribution in [3.05, 3.63) is 35.1 Å². The van der Waals surface area contributed by atoms with Crippen LogP contribution in [0, 0.1) is 12.7 Å². The van der Waals surface area contributed by atoms with E-state index in [0.717, 1.165) is 25.1 Å². The van der Waals surface area contributed by atoms with Gasteiger partial charge in [-0.05, 0) is 71.1 Å². The normalized spacial score (nSPS) is 13.0. The van der Waals surface area contributed by atoms with Crippen LogP contribution in [0.15, 0.2) is 18.2 Å². The van der Waals surface area contributed by atoms with Crippen LogP contribution in [0.5, 0.6) is 0 Å². The van der Waals surface area contributed by atoms with Gasteiger partial charge < -0.3 is 10.2 Å². The van der Waals surface area contributed by atoms with Gasteiger partial charge in [0.25, 0.3) is 0 Å². The number of aryl methyl sites for hydroxylation is 1. The Bertz CT molecular complexity index is 364. The molecule has 0 saturated heterocycles. The molecule has 0 aromatic heterocycles. The molecule has 0 aliphatic carbocycles. The second-order valence-electron chi connectivity index (χ2n) is 5.19. The minimum absolute atomic E-state index is 0.117. The molecule has 0 radical (unpaired) electrons. The van der Waals surface area contributed by atoms with Gasteiger partial charge in [0, 0.05) is 6.04 Å². The van der Waals surface area contributed by atoms with Gasteiger partial charge in [0.05, 0.1) is 0 Å². The summed E-state index contributed by atoms with van der Waals surface area (Å²) in [6.07, 6.45) is 2.34. The Morgan fingerprint density at radius 1 is 1.28 bits per heavy atom. The first-order chi connectivity index (χ1) is 8.50. The van der Waals surface area contributed by atoms with Gasteiger partial charge in [-0.15, -0.1) is 0 Å². The minimum atomic E-state index is -0.117. The van der Waals surface area contributed by atoms with Gasteiger partial charge >= 0.3 is 0 Å². The van der Waals surface area contributed by atoms with Crippen molar-refractivity contribution in [2.75, 3.05) is 27.2 Å². The zero-order valence-electron chi connectivity index (χ0n) is 12.0. The fourth-order valence-electron chi connectivity index (χ4n) is 1.87. The Hall–Kier alpha value is -0.930. The number of nitrogens with zero attached hydrogens (tertiary/aromatic N) is 1. The van der Waals surface area contributed by atoms with E-state index in [4.69, 9.17) is 0 Å². The van der Waals surface area contributed by atoms with E-state index in [1.165, 1.54) is 6.42 Å². The Labute approximate surface area is 110 Å². The average Bonchev–Trinajstić information content (AvgIpc) is 2.31. The maximum absolute atomic E-state index is 13.4. The summed E-state index contributed by atoms with van der Waals surface area (Å²) in [5.74, 6) is -0.117. The van der Waals surface area contributed by atoms with Crippen LogP contribution >= 0.6 is 0 Å². The van der Waals surface area contributed by atoms with Crippen molar-refractivity contribution in [2.24, 2.45) is 0 Å². The number of benzene rings is 1. The number of nitrogens with one attached hydrogen (secondary N) is 1. The van der Waals surface area contributed by atoms with E-state index in [0.29, 0.717) is 5.56 Å². The van der Waals surface area contributed by atoms with Gasteiger partial charge in [-0.3, -0.25) is 0 Å². The van der Waals surface area contributed by atoms with E-state index >= 15 is 0 Å². The molecule has 3 heteroatoms. The molecule has 0 saturated carbocycles. The van der Waals surface area contributed by atoms with Crippen LogP contribution in [0.2, 0.25) is 0 Å². The van der Waals surface area contributed by atoms with Crippen molar-refractivity contribution in [3.63, 3.8) is 0 Å². The second-order valence-corrected chi connectivity index (χ2v) is 5.19. The summed E-state index contributed by atoms with van der Waals surface area (Å²) in [6, 6.07) is 5.68. The molecular formula is C15H25FN2. The van der Waals surface area contributed by atoms with Crippen LogP contribution in [0.25, 0.3) is 0 Å². The van der Waals surface area contributed by atoms with E-state index in [-0.39, 0.29) is 11.9 Å². The summed E-state index contributed by atoms with van der Waals surface area (Å²) < 4.78 is 13.4. The Kier molecular flexibility index (Phi) is 6.30. The first-order valence-electron chi connectivity index (χ1n) is 6.65. The van der Waals surface area contributed by atoms with Crippen LogP contribution in [-0.2, 0) is 0 Å². The summed E-state index contributed by atoms with van der Waals surface area (Å²) in [5, 5.41) is 3.43. The van der Waals surface area contributed by atoms with Crippen LogP contribution < -0.4 is 5.32 Å². The zero-order valence-corrected chi connectivity index (χ0v) is 12.0. The molecule has 1 unspecified atom stereocenters. The molecule has 0 fully saturated rings. The Morgan fingerprint density at radius 3 is 2.61 bits per heavy atom. The van der Waals surface area contributed by atoms with Crippen molar-refractivity contribution < 1.29 is 4.39 Å². The maximum Gasteiger partial charge on any atom is 0.126 e. The molecule has 1 aromatic rings. The Balaban J connectivity index is 2.31. The monoisotopic (exact) mass is 252 g/mol. The first kappa shape index (κ1) is 15.1. The minimum Gasteiger partial charge on any atom is -0.310 e. The lowest BCUT2D eigenvalue weighted by molar-refractivity contribution is 0.389. The number of halogens is 1. The molecule has 0 heterocycles. The van der Waals surface area contributed by atoms with Gasteiger partial charge in [0.1, 0.15) is 5.82 Å². The highest BCUT2D eigenvalue weighted by Gasteiger charge is 2.06. The summed E-state index contributed by atoms with van der Waals surface area (Å²) in [6.45, 7) is 5.97. The van der Waals surface area contributed by atoms with Gasteiger partial charge in [-0.1, -0.05) is 12.1 Å². The van der Waals surface area contributed by atoms with Crippen LogP contribution in [0.4, 0.5) is 4.39 Å². The molecule has 0 amide bonds. The molecule has 0 bridgehead atoms. The molecule has 102 valence electrons. The third-order valence-electron chi connectivity index (χ3n) is 3.18. The molecular weight excluding hydrogens is 227 g/mol. The third kappa shape index (κ3) is 5.15. The van der Waals surface area contributed by atoms with E-state index in [1.807, 2.05) is 12.1 Å². The lowest BCUT2D eigenvalue weighted by Crippen LogP contribution is -2.21. The molecule has 1 atom stereocenters. The fraction of sp³-hybridized carbons (Fsp3) is 0.600. The highest BCUT2D eigenvalue weighted by atomic mass is 19.1. The smallest absolute Gasteiger partial charge is 0.126 e. The van der Waals surface area contributed by atoms with Crippen molar-refractivity contribution in [1.82, 2.24) is 10.2 Å². The number of hydrogen-bond donors (Lipinski definition) is 1. The fourth-order valence-corrected chi connectivity index (χ4v) is 1.87. The van der Waals surface area contributed by atoms with Crippen molar-refractivity contribution in [1.29, 1.82) is 0 Å². The summed E-state index contributed by atoms with van der Waals surface area (Å²) in [5.41, 5.74) is 1.72. The average molecular weight is 252 g/mol. The molecule has 1 N–H and O–H groups in total. The largest absolute Gasteiger partial charge is 0.310 e. The topological polar surface area (TPSA) is 15.3 Å². The van der Waals surface area contributed by atoms with Gasteiger partial charge in [0.15, 0.2) is 0 Å². The molecule has 0 spiro atoms. The predicted octanol–water partition coefficient (Wildman–Crippen LogP) is 3.13. The SMILES string of the molecule is Cc1ccc(C(C)NCCCCN(C)C)cc1F. The molecule has 0 aliphatic heterocycles. The standard InChI is InChI=1S/C15H25FN2/c1-12-7-8-14(11-15(12)16)13(2)17-9-5-6-10-18(3)4/h7-8,11,13,17H,5-6,9-10H2,1-4H3. The van der Waals surface area contributed by atoms with Gasteiger partial charge in [-0.2, -0.15) is 0 Å². The van der Waals surface area contributed by atoms with E-state index < -0.39 is 0 Å². The highest BCUT2D eigenvalue weighted by molar-refractivity contribution is 5.25. The van der Waals surface area contributed by atoms with Crippen molar-refractivity contribution in [2.45, 2.75) is 32.7 Å². The van der Waals surface area contributed by atoms with Gasteiger partial charge in [0.2, 0.25) is 0 Å². The number of unbranched alkanes of at least 4 members (excludes halogenated alkanes) is 1. The third-order valence-corrected chi connectivity index (χ3v) is 3.18. The lowest BCUT2D eigenvalue weighted by atomic mass is 10.1. The number of hydrogen-bond acceptors (Lipinski definition) is 2. The van der Waals surface area contributed by atoms with Crippen LogP contribution in [0.1, 0.15) is 36.9 Å². The van der Waals surface area contributed by atoms with Crippen molar-refractivity contribution >= 4 is 0 Å². The van der Waals surface area contributed by atoms with Crippen LogP contribution in [-0.4, -0.2) is 32.1 Å². The van der Waals surface area contributed by atoms with Gasteiger partial charge in [-0.25, -0.2) is 4.39 Å². The quantitative estimate of drug-likeness (QED) is 0.750. The first-order valence-corrected chi connectivity index (χ1v) is 6.65. The summed E-state index contributed by atoms with van der Waals surface area (Å²) >= 11 is 0. The van der Waals surface area contributed by atoms with E-state index in [1.54, 1.807) is 13.0 Å². The van der Waals surface area contributed by atoms with Crippen molar-refractivity contribution in [3.8, 4) is 0 Å². The predicted molar refractivity (Wildman–Crippen MR) is 75.3 cm³/mol. The molecule has 2 nitrogen and oxygen atoms in total. The van der Waals surface area contributed by atoms with Crippen LogP contribution in [0.3, 0.4) is 0 Å². The van der Waals surface area contributed by atoms with E-state index in [9.17, 15) is 4.39 Å². The molecule has 0 aliphatic rings. The van der Waals surface area contributed by atoms with E-state index in [2.05, 4.69) is 31.2 Å². The Morgan fingerprint density at radius 2 is 2.00 bits per heavy atom. The highest BCUT2D eigenvalue weighted by Crippen LogP contribution is 2.16. The second kappa shape index (κ2) is 7.49. The molecule has 1 aromatic carbocycles. The summed E-state index contributed by atoms with van der Waals surface area (Å²) in [7, 11) is 4.18. The lowest BCUT2D eigenvalue weighted by Gasteiger charge is -2.15. The maximum atomic E-state index is 13.4. The zero-order chi connectivity index (χ0) is 13.5. The molecule has 18 heavy (non-hydrogen) atoms. The number of rotatable bonds is 7. The molecule has 1 rings (SSSR count).